The second-order valence-corrected chi connectivity index (χ2v) is 8.28. The zero-order valence-electron chi connectivity index (χ0n) is 19.2. The van der Waals surface area contributed by atoms with Crippen LogP contribution in [0.4, 0.5) is 4.79 Å². The molecule has 0 unspecified atom stereocenters. The Morgan fingerprint density at radius 3 is 2.21 bits per heavy atom. The highest BCUT2D eigenvalue weighted by molar-refractivity contribution is 5.94. The number of Topliss-reactive ketones (excluding diaryl/α,β-unsaturated/α-hetero) is 1. The molecule has 1 saturated carbocycles. The van der Waals surface area contributed by atoms with Crippen molar-refractivity contribution in [3.8, 4) is 0 Å². The van der Waals surface area contributed by atoms with E-state index in [-0.39, 0.29) is 18.8 Å². The van der Waals surface area contributed by atoms with Crippen LogP contribution in [0.25, 0.3) is 0 Å². The monoisotopic (exact) mass is 466 g/mol. The number of hydrogen-bond acceptors (Lipinski definition) is 6. The van der Waals surface area contributed by atoms with Crippen LogP contribution < -0.4 is 10.6 Å². The average molecular weight is 467 g/mol. The van der Waals surface area contributed by atoms with Gasteiger partial charge in [0.2, 0.25) is 5.91 Å². The Morgan fingerprint density at radius 1 is 0.941 bits per heavy atom. The van der Waals surface area contributed by atoms with Crippen LogP contribution in [0, 0.1) is 5.92 Å². The number of amides is 2. The number of ketones is 1. The molecule has 0 radical (unpaired) electrons. The summed E-state index contributed by atoms with van der Waals surface area (Å²) in [6.45, 7) is 0.0493. The van der Waals surface area contributed by atoms with Crippen molar-refractivity contribution in [3.05, 3.63) is 71.8 Å². The van der Waals surface area contributed by atoms with Gasteiger partial charge in [0.15, 0.2) is 0 Å². The zero-order valence-corrected chi connectivity index (χ0v) is 19.2. The van der Waals surface area contributed by atoms with E-state index in [0.29, 0.717) is 12.8 Å². The first-order chi connectivity index (χ1) is 16.5. The Kier molecular flexibility index (Phi) is 9.20. The third-order valence-electron chi connectivity index (χ3n) is 5.86. The number of carbonyl (C=O) groups is 4. The van der Waals surface area contributed by atoms with Gasteiger partial charge in [-0.05, 0) is 24.0 Å². The maximum Gasteiger partial charge on any atom is 0.408 e. The van der Waals surface area contributed by atoms with Crippen molar-refractivity contribution in [2.24, 2.45) is 5.92 Å². The first-order valence-electron chi connectivity index (χ1n) is 11.4. The van der Waals surface area contributed by atoms with Crippen molar-refractivity contribution < 1.29 is 28.7 Å². The number of esters is 1. The van der Waals surface area contributed by atoms with Crippen LogP contribution in [-0.4, -0.2) is 42.9 Å². The largest absolute Gasteiger partial charge is 0.467 e. The Labute approximate surface area is 199 Å². The van der Waals surface area contributed by atoms with Gasteiger partial charge in [-0.1, -0.05) is 67.1 Å². The number of nitrogens with one attached hydrogen (secondary N) is 2. The van der Waals surface area contributed by atoms with Crippen molar-refractivity contribution in [2.45, 2.75) is 50.8 Å². The standard InChI is InChI=1S/C26H30N2O6/c1-33-25(31)23(20-14-8-9-15-22(20)29)28-24(30)21(16-18-10-4-2-5-11-18)27-26(32)34-17-19-12-6-3-7-13-19/h2-7,10-13,20-21,23H,8-9,14-17H2,1H3,(H,27,32)(H,28,30)/t20-,21+,23-/m1/s1. The third-order valence-corrected chi connectivity index (χ3v) is 5.86. The Morgan fingerprint density at radius 2 is 1.59 bits per heavy atom. The van der Waals surface area contributed by atoms with Gasteiger partial charge in [-0.25, -0.2) is 9.59 Å². The van der Waals surface area contributed by atoms with Crippen molar-refractivity contribution in [2.75, 3.05) is 7.11 Å². The molecule has 34 heavy (non-hydrogen) atoms. The second-order valence-electron chi connectivity index (χ2n) is 8.28. The summed E-state index contributed by atoms with van der Waals surface area (Å²) in [4.78, 5) is 50.6. The predicted octanol–water partition coefficient (Wildman–Crippen LogP) is 2.94. The highest BCUT2D eigenvalue weighted by Gasteiger charge is 2.38. The van der Waals surface area contributed by atoms with Gasteiger partial charge < -0.3 is 20.1 Å². The van der Waals surface area contributed by atoms with E-state index < -0.39 is 36.0 Å². The Balaban J connectivity index is 1.72. The van der Waals surface area contributed by atoms with Crippen molar-refractivity contribution >= 4 is 23.8 Å². The van der Waals surface area contributed by atoms with Crippen molar-refractivity contribution in [3.63, 3.8) is 0 Å². The first-order valence-corrected chi connectivity index (χ1v) is 11.4. The van der Waals surface area contributed by atoms with E-state index in [0.717, 1.165) is 24.0 Å². The van der Waals surface area contributed by atoms with E-state index in [4.69, 9.17) is 9.47 Å². The van der Waals surface area contributed by atoms with E-state index in [2.05, 4.69) is 10.6 Å². The quantitative estimate of drug-likeness (QED) is 0.550. The smallest absolute Gasteiger partial charge is 0.408 e. The minimum Gasteiger partial charge on any atom is -0.467 e. The minimum absolute atomic E-state index is 0.0493. The van der Waals surface area contributed by atoms with Crippen LogP contribution in [0.15, 0.2) is 60.7 Å². The van der Waals surface area contributed by atoms with Gasteiger partial charge in [0.1, 0.15) is 24.5 Å². The van der Waals surface area contributed by atoms with E-state index >= 15 is 0 Å². The molecule has 0 bridgehead atoms. The maximum absolute atomic E-state index is 13.2. The number of carbonyl (C=O) groups excluding carboxylic acids is 4. The van der Waals surface area contributed by atoms with Crippen molar-refractivity contribution in [1.82, 2.24) is 10.6 Å². The molecule has 3 atom stereocenters. The fraction of sp³-hybridized carbons (Fsp3) is 0.385. The lowest BCUT2D eigenvalue weighted by atomic mass is 9.82. The van der Waals surface area contributed by atoms with Crippen molar-refractivity contribution in [1.29, 1.82) is 0 Å². The molecule has 0 saturated heterocycles. The number of hydrogen-bond donors (Lipinski definition) is 2. The molecule has 180 valence electrons. The molecule has 0 spiro atoms. The summed E-state index contributed by atoms with van der Waals surface area (Å²) in [7, 11) is 1.22. The highest BCUT2D eigenvalue weighted by atomic mass is 16.5. The number of rotatable bonds is 9. The molecule has 0 aliphatic heterocycles. The van der Waals surface area contributed by atoms with Gasteiger partial charge in [-0.3, -0.25) is 9.59 Å². The van der Waals surface area contributed by atoms with Crippen LogP contribution in [0.3, 0.4) is 0 Å². The molecule has 3 rings (SSSR count). The molecule has 2 aromatic rings. The summed E-state index contributed by atoms with van der Waals surface area (Å²) in [5.74, 6) is -1.99. The summed E-state index contributed by atoms with van der Waals surface area (Å²) >= 11 is 0. The molecule has 1 fully saturated rings. The topological polar surface area (TPSA) is 111 Å². The van der Waals surface area contributed by atoms with Gasteiger partial charge in [0.05, 0.1) is 7.11 Å². The summed E-state index contributed by atoms with van der Waals surface area (Å²) in [6.07, 6.45) is 1.84. The lowest BCUT2D eigenvalue weighted by Gasteiger charge is -2.29. The SMILES string of the molecule is COC(=O)[C@H](NC(=O)[C@H](Cc1ccccc1)NC(=O)OCc1ccccc1)[C@@H]1CCCCC1=O. The molecule has 2 aromatic carbocycles. The van der Waals surface area contributed by atoms with Crippen LogP contribution in [0.1, 0.15) is 36.8 Å². The maximum atomic E-state index is 13.2. The van der Waals surface area contributed by atoms with E-state index in [1.807, 2.05) is 60.7 Å². The van der Waals surface area contributed by atoms with Crippen LogP contribution in [0.5, 0.6) is 0 Å². The van der Waals surface area contributed by atoms with Crippen LogP contribution in [0.2, 0.25) is 0 Å². The second kappa shape index (κ2) is 12.5. The normalized spacial score (nSPS) is 17.2. The predicted molar refractivity (Wildman–Crippen MR) is 125 cm³/mol. The van der Waals surface area contributed by atoms with Crippen LogP contribution in [-0.2, 0) is 36.9 Å². The molecule has 2 amide bonds. The zero-order chi connectivity index (χ0) is 24.3. The fourth-order valence-electron chi connectivity index (χ4n) is 4.03. The Bertz CT molecular complexity index is 979. The van der Waals surface area contributed by atoms with E-state index in [1.54, 1.807) is 0 Å². The summed E-state index contributed by atoms with van der Waals surface area (Å²) < 4.78 is 10.1. The summed E-state index contributed by atoms with van der Waals surface area (Å²) in [6, 6.07) is 16.2. The Hall–Kier alpha value is -3.68. The lowest BCUT2D eigenvalue weighted by molar-refractivity contribution is -0.149. The molecule has 8 heteroatoms. The molecule has 0 heterocycles. The van der Waals surface area contributed by atoms with Crippen LogP contribution >= 0.6 is 0 Å². The van der Waals surface area contributed by atoms with Gasteiger partial charge in [0.25, 0.3) is 0 Å². The van der Waals surface area contributed by atoms with Gasteiger partial charge in [-0.15, -0.1) is 0 Å². The molecular formula is C26H30N2O6. The molecule has 8 nitrogen and oxygen atoms in total. The summed E-state index contributed by atoms with van der Waals surface area (Å²) in [5.41, 5.74) is 1.62. The number of alkyl carbamates (subject to hydrolysis) is 1. The fourth-order valence-corrected chi connectivity index (χ4v) is 4.03. The highest BCUT2D eigenvalue weighted by Crippen LogP contribution is 2.24. The molecule has 2 N–H and O–H groups in total. The molecule has 0 aromatic heterocycles. The molecular weight excluding hydrogens is 436 g/mol. The van der Waals surface area contributed by atoms with Gasteiger partial charge in [0, 0.05) is 18.8 Å². The summed E-state index contributed by atoms with van der Waals surface area (Å²) in [5, 5.41) is 5.26. The number of ether oxygens (including phenoxy) is 2. The lowest BCUT2D eigenvalue weighted by Crippen LogP contribution is -2.56. The average Bonchev–Trinajstić information content (AvgIpc) is 2.87. The van der Waals surface area contributed by atoms with Gasteiger partial charge >= 0.3 is 12.1 Å². The number of benzene rings is 2. The number of methoxy groups -OCH3 is 1. The van der Waals surface area contributed by atoms with Gasteiger partial charge in [-0.2, -0.15) is 0 Å². The minimum atomic E-state index is -1.11. The van der Waals surface area contributed by atoms with E-state index in [9.17, 15) is 19.2 Å². The third kappa shape index (κ3) is 7.16. The molecule has 1 aliphatic rings. The molecule has 1 aliphatic carbocycles. The van der Waals surface area contributed by atoms with E-state index in [1.165, 1.54) is 7.11 Å². The first kappa shape index (κ1) is 25.0.